The summed E-state index contributed by atoms with van der Waals surface area (Å²) in [7, 11) is 3.79. The van der Waals surface area contributed by atoms with Crippen molar-refractivity contribution in [3.63, 3.8) is 0 Å². The van der Waals surface area contributed by atoms with Crippen LogP contribution >= 0.6 is 23.7 Å². The fraction of sp³-hybridized carbons (Fsp3) is 0.333. The Balaban J connectivity index is 0.00000320. The predicted molar refractivity (Wildman–Crippen MR) is 118 cm³/mol. The summed E-state index contributed by atoms with van der Waals surface area (Å²) in [5, 5.41) is 0.542. The van der Waals surface area contributed by atoms with E-state index in [-0.39, 0.29) is 23.9 Å². The van der Waals surface area contributed by atoms with Gasteiger partial charge in [-0.25, -0.2) is 4.98 Å². The van der Waals surface area contributed by atoms with Gasteiger partial charge in [-0.1, -0.05) is 17.4 Å². The lowest BCUT2D eigenvalue weighted by Crippen LogP contribution is -2.36. The van der Waals surface area contributed by atoms with Crippen LogP contribution in [0.1, 0.15) is 27.0 Å². The molecule has 0 radical (unpaired) electrons. The minimum atomic E-state index is -4.44. The number of carbonyl (C=O) groups is 1. The molecule has 1 amide bonds. The Morgan fingerprint density at radius 1 is 1.03 bits per heavy atom. The minimum absolute atomic E-state index is 0. The first kappa shape index (κ1) is 24.1. The van der Waals surface area contributed by atoms with Crippen molar-refractivity contribution in [3.05, 3.63) is 58.7 Å². The van der Waals surface area contributed by atoms with Crippen LogP contribution in [0.4, 0.5) is 18.3 Å². The van der Waals surface area contributed by atoms with Crippen LogP contribution in [0.2, 0.25) is 0 Å². The first-order valence-electron chi connectivity index (χ1n) is 9.08. The maximum Gasteiger partial charge on any atom is 0.416 e. The fourth-order valence-electron chi connectivity index (χ4n) is 2.87. The van der Waals surface area contributed by atoms with Gasteiger partial charge in [0, 0.05) is 18.7 Å². The van der Waals surface area contributed by atoms with Crippen LogP contribution in [-0.2, 0) is 6.18 Å². The smallest absolute Gasteiger partial charge is 0.308 e. The first-order chi connectivity index (χ1) is 13.6. The molecule has 0 fully saturated rings. The molecular weight excluding hydrogens is 435 g/mol. The molecule has 0 aliphatic rings. The number of hydrogen-bond donors (Lipinski definition) is 0. The van der Waals surface area contributed by atoms with Gasteiger partial charge >= 0.3 is 6.18 Å². The summed E-state index contributed by atoms with van der Waals surface area (Å²) < 4.78 is 39.5. The molecule has 1 aromatic heterocycles. The van der Waals surface area contributed by atoms with E-state index < -0.39 is 11.7 Å². The van der Waals surface area contributed by atoms with Gasteiger partial charge in [0.05, 0.1) is 15.8 Å². The van der Waals surface area contributed by atoms with E-state index in [4.69, 9.17) is 0 Å². The van der Waals surface area contributed by atoms with Crippen molar-refractivity contribution in [1.82, 2.24) is 9.88 Å². The van der Waals surface area contributed by atoms with Gasteiger partial charge < -0.3 is 4.90 Å². The monoisotopic (exact) mass is 457 g/mol. The second kappa shape index (κ2) is 9.32. The van der Waals surface area contributed by atoms with Crippen molar-refractivity contribution in [2.75, 3.05) is 32.1 Å². The van der Waals surface area contributed by atoms with Gasteiger partial charge in [-0.2, -0.15) is 13.2 Å². The number of aromatic nitrogens is 1. The SMILES string of the molecule is Cc1ccc2sc(N(CCN(C)C)C(=O)c3ccc(C(F)(F)F)cc3)nc2c1C.Cl. The number of thiazole rings is 1. The third-order valence-electron chi connectivity index (χ3n) is 4.78. The zero-order valence-electron chi connectivity index (χ0n) is 17.1. The number of fused-ring (bicyclic) bond motifs is 1. The summed E-state index contributed by atoms with van der Waals surface area (Å²) >= 11 is 1.41. The topological polar surface area (TPSA) is 36.4 Å². The average molecular weight is 458 g/mol. The van der Waals surface area contributed by atoms with Gasteiger partial charge in [0.2, 0.25) is 0 Å². The maximum atomic E-state index is 13.1. The van der Waals surface area contributed by atoms with Crippen LogP contribution in [0.15, 0.2) is 36.4 Å². The van der Waals surface area contributed by atoms with E-state index in [1.807, 2.05) is 45.0 Å². The van der Waals surface area contributed by atoms with Crippen molar-refractivity contribution < 1.29 is 18.0 Å². The van der Waals surface area contributed by atoms with Crippen molar-refractivity contribution in [2.45, 2.75) is 20.0 Å². The number of alkyl halides is 3. The summed E-state index contributed by atoms with van der Waals surface area (Å²) in [5.41, 5.74) is 2.44. The summed E-state index contributed by atoms with van der Waals surface area (Å²) in [4.78, 5) is 21.3. The van der Waals surface area contributed by atoms with Crippen molar-refractivity contribution >= 4 is 45.0 Å². The Hall–Kier alpha value is -2.16. The molecule has 0 spiro atoms. The summed E-state index contributed by atoms with van der Waals surface area (Å²) in [6.45, 7) is 4.97. The molecular formula is C21H23ClF3N3OS. The minimum Gasteiger partial charge on any atom is -0.308 e. The molecule has 0 saturated heterocycles. The number of likely N-dealkylation sites (N-methyl/N-ethyl adjacent to an activating group) is 1. The molecule has 0 N–H and O–H groups in total. The van der Waals surface area contributed by atoms with Gasteiger partial charge in [-0.15, -0.1) is 12.4 Å². The highest BCUT2D eigenvalue weighted by molar-refractivity contribution is 7.22. The van der Waals surface area contributed by atoms with E-state index in [1.165, 1.54) is 23.5 Å². The number of halogens is 4. The highest BCUT2D eigenvalue weighted by Gasteiger charge is 2.31. The van der Waals surface area contributed by atoms with Crippen molar-refractivity contribution in [3.8, 4) is 0 Å². The molecule has 0 atom stereocenters. The number of amides is 1. The summed E-state index contributed by atoms with van der Waals surface area (Å²) in [5.74, 6) is -0.367. The van der Waals surface area contributed by atoms with Crippen LogP contribution in [0.25, 0.3) is 10.2 Å². The van der Waals surface area contributed by atoms with E-state index in [9.17, 15) is 18.0 Å². The number of nitrogens with zero attached hydrogens (tertiary/aromatic N) is 3. The molecule has 0 aliphatic carbocycles. The van der Waals surface area contributed by atoms with Gasteiger partial charge in [0.15, 0.2) is 5.13 Å². The molecule has 2 aromatic carbocycles. The number of benzene rings is 2. The lowest BCUT2D eigenvalue weighted by molar-refractivity contribution is -0.137. The Morgan fingerprint density at radius 3 is 2.23 bits per heavy atom. The third-order valence-corrected chi connectivity index (χ3v) is 5.82. The number of hydrogen-bond acceptors (Lipinski definition) is 4. The zero-order valence-corrected chi connectivity index (χ0v) is 18.7. The average Bonchev–Trinajstić information content (AvgIpc) is 3.08. The maximum absolute atomic E-state index is 13.1. The van der Waals surface area contributed by atoms with Gasteiger partial charge in [0.25, 0.3) is 5.91 Å². The highest BCUT2D eigenvalue weighted by atomic mass is 35.5. The molecule has 4 nitrogen and oxygen atoms in total. The Kier molecular flexibility index (Phi) is 7.49. The van der Waals surface area contributed by atoms with Crippen LogP contribution in [0.5, 0.6) is 0 Å². The normalized spacial score (nSPS) is 11.6. The van der Waals surface area contributed by atoms with Crippen LogP contribution in [0, 0.1) is 13.8 Å². The molecule has 0 aliphatic heterocycles. The number of anilines is 1. The van der Waals surface area contributed by atoms with Crippen LogP contribution in [-0.4, -0.2) is 43.0 Å². The standard InChI is InChI=1S/C21H22F3N3OS.ClH/c1-13-5-10-17-18(14(13)2)25-20(29-17)27(12-11-26(3)4)19(28)15-6-8-16(9-7-15)21(22,23)24;/h5-10H,11-12H2,1-4H3;1H. The second-order valence-electron chi connectivity index (χ2n) is 7.19. The largest absolute Gasteiger partial charge is 0.416 e. The van der Waals surface area contributed by atoms with Crippen LogP contribution in [0.3, 0.4) is 0 Å². The number of carbonyl (C=O) groups excluding carboxylic acids is 1. The van der Waals surface area contributed by atoms with Gasteiger partial charge in [-0.05, 0) is 69.4 Å². The lowest BCUT2D eigenvalue weighted by Gasteiger charge is -2.22. The Bertz CT molecular complexity index is 1030. The van der Waals surface area contributed by atoms with Gasteiger partial charge in [-0.3, -0.25) is 9.69 Å². The quantitative estimate of drug-likeness (QED) is 0.503. The summed E-state index contributed by atoms with van der Waals surface area (Å²) in [6.07, 6.45) is -4.44. The molecule has 3 aromatic rings. The van der Waals surface area contributed by atoms with Crippen molar-refractivity contribution in [2.24, 2.45) is 0 Å². The molecule has 30 heavy (non-hydrogen) atoms. The molecule has 0 unspecified atom stereocenters. The Labute approximate surface area is 183 Å². The lowest BCUT2D eigenvalue weighted by atomic mass is 10.1. The molecule has 162 valence electrons. The summed E-state index contributed by atoms with van der Waals surface area (Å²) in [6, 6.07) is 8.30. The zero-order chi connectivity index (χ0) is 21.3. The van der Waals surface area contributed by atoms with E-state index in [2.05, 4.69) is 4.98 Å². The molecule has 3 rings (SSSR count). The molecule has 9 heteroatoms. The molecule has 0 bridgehead atoms. The van der Waals surface area contributed by atoms with E-state index in [0.29, 0.717) is 18.2 Å². The molecule has 0 saturated carbocycles. The first-order valence-corrected chi connectivity index (χ1v) is 9.90. The van der Waals surface area contributed by atoms with Crippen molar-refractivity contribution in [1.29, 1.82) is 0 Å². The van der Waals surface area contributed by atoms with E-state index in [0.717, 1.165) is 33.5 Å². The number of aryl methyl sites for hydroxylation is 2. The predicted octanol–water partition coefficient (Wildman–Crippen LogP) is 5.56. The van der Waals surface area contributed by atoms with Gasteiger partial charge in [0.1, 0.15) is 0 Å². The van der Waals surface area contributed by atoms with E-state index >= 15 is 0 Å². The number of rotatable bonds is 5. The van der Waals surface area contributed by atoms with E-state index in [1.54, 1.807) is 4.90 Å². The molecule has 1 heterocycles. The third kappa shape index (κ3) is 5.11. The Morgan fingerprint density at radius 2 is 1.67 bits per heavy atom. The van der Waals surface area contributed by atoms with Crippen LogP contribution < -0.4 is 4.90 Å². The fourth-order valence-corrected chi connectivity index (χ4v) is 3.92. The highest BCUT2D eigenvalue weighted by Crippen LogP contribution is 2.33. The second-order valence-corrected chi connectivity index (χ2v) is 8.19.